The zero-order chi connectivity index (χ0) is 15.2. The number of hydrogen-bond donors (Lipinski definition) is 1. The molecule has 2 aliphatic rings. The molecule has 1 saturated carbocycles. The Labute approximate surface area is 128 Å². The van der Waals surface area contributed by atoms with Crippen LogP contribution in [0.3, 0.4) is 0 Å². The van der Waals surface area contributed by atoms with E-state index in [1.807, 2.05) is 4.90 Å². The van der Waals surface area contributed by atoms with E-state index >= 15 is 0 Å². The lowest BCUT2D eigenvalue weighted by atomic mass is 9.98. The Morgan fingerprint density at radius 2 is 1.62 bits per heavy atom. The van der Waals surface area contributed by atoms with Crippen LogP contribution in [0.15, 0.2) is 0 Å². The summed E-state index contributed by atoms with van der Waals surface area (Å²) in [5.41, 5.74) is 0. The number of hydrogen-bond acceptors (Lipinski definition) is 2. The third kappa shape index (κ3) is 4.21. The summed E-state index contributed by atoms with van der Waals surface area (Å²) in [7, 11) is 0. The Kier molecular flexibility index (Phi) is 6.07. The normalized spacial score (nSPS) is 21.0. The standard InChI is InChI=1S/C17H30N2O2/c1-3-13(4-2)17(21)19-11-9-15(10-12-19)18-16(20)14-7-5-6-8-14/h13-15H,3-12H2,1-2H3,(H,18,20). The van der Waals surface area contributed by atoms with Crippen molar-refractivity contribution in [3.63, 3.8) is 0 Å². The molecule has 0 aromatic heterocycles. The van der Waals surface area contributed by atoms with Gasteiger partial charge in [-0.3, -0.25) is 9.59 Å². The largest absolute Gasteiger partial charge is 0.353 e. The van der Waals surface area contributed by atoms with E-state index in [2.05, 4.69) is 19.2 Å². The molecule has 1 saturated heterocycles. The number of likely N-dealkylation sites (tertiary alicyclic amines) is 1. The lowest BCUT2D eigenvalue weighted by molar-refractivity contribution is -0.137. The van der Waals surface area contributed by atoms with Gasteiger partial charge in [-0.05, 0) is 38.5 Å². The number of nitrogens with zero attached hydrogens (tertiary/aromatic N) is 1. The number of amides is 2. The number of nitrogens with one attached hydrogen (secondary N) is 1. The van der Waals surface area contributed by atoms with Gasteiger partial charge in [0.2, 0.25) is 11.8 Å². The molecular weight excluding hydrogens is 264 g/mol. The highest BCUT2D eigenvalue weighted by molar-refractivity contribution is 5.80. The number of rotatable bonds is 5. The van der Waals surface area contributed by atoms with Gasteiger partial charge in [0.05, 0.1) is 0 Å². The highest BCUT2D eigenvalue weighted by Crippen LogP contribution is 2.25. The maximum atomic E-state index is 12.3. The van der Waals surface area contributed by atoms with Crippen LogP contribution in [-0.4, -0.2) is 35.8 Å². The third-order valence-corrected chi connectivity index (χ3v) is 5.21. The van der Waals surface area contributed by atoms with Crippen LogP contribution in [0.25, 0.3) is 0 Å². The van der Waals surface area contributed by atoms with Crippen LogP contribution in [0.1, 0.15) is 65.2 Å². The molecule has 1 heterocycles. The van der Waals surface area contributed by atoms with Crippen LogP contribution in [0.5, 0.6) is 0 Å². The van der Waals surface area contributed by atoms with Gasteiger partial charge >= 0.3 is 0 Å². The first-order valence-electron chi connectivity index (χ1n) is 8.74. The van der Waals surface area contributed by atoms with Gasteiger partial charge in [-0.25, -0.2) is 0 Å². The van der Waals surface area contributed by atoms with E-state index in [-0.39, 0.29) is 23.8 Å². The monoisotopic (exact) mass is 294 g/mol. The fourth-order valence-corrected chi connectivity index (χ4v) is 3.65. The Hall–Kier alpha value is -1.06. The van der Waals surface area contributed by atoms with Crippen LogP contribution >= 0.6 is 0 Å². The van der Waals surface area contributed by atoms with E-state index < -0.39 is 0 Å². The molecule has 4 heteroatoms. The van der Waals surface area contributed by atoms with Crippen LogP contribution in [0, 0.1) is 11.8 Å². The van der Waals surface area contributed by atoms with Gasteiger partial charge < -0.3 is 10.2 Å². The summed E-state index contributed by atoms with van der Waals surface area (Å²) in [6, 6.07) is 0.267. The first-order chi connectivity index (χ1) is 10.2. The molecule has 0 aromatic carbocycles. The van der Waals surface area contributed by atoms with Crippen LogP contribution in [-0.2, 0) is 9.59 Å². The highest BCUT2D eigenvalue weighted by Gasteiger charge is 2.29. The van der Waals surface area contributed by atoms with Gasteiger partial charge in [0.1, 0.15) is 0 Å². The van der Waals surface area contributed by atoms with Gasteiger partial charge in [0, 0.05) is 31.0 Å². The van der Waals surface area contributed by atoms with E-state index in [0.29, 0.717) is 5.91 Å². The van der Waals surface area contributed by atoms with Crippen LogP contribution in [0.4, 0.5) is 0 Å². The van der Waals surface area contributed by atoms with Gasteiger partial charge in [0.15, 0.2) is 0 Å². The second-order valence-corrected chi connectivity index (χ2v) is 6.60. The van der Waals surface area contributed by atoms with Gasteiger partial charge in [-0.1, -0.05) is 26.7 Å². The lowest BCUT2D eigenvalue weighted by Gasteiger charge is -2.34. The minimum atomic E-state index is 0.176. The SMILES string of the molecule is CCC(CC)C(=O)N1CCC(NC(=O)C2CCCC2)CC1. The lowest BCUT2D eigenvalue weighted by Crippen LogP contribution is -2.48. The Bertz CT molecular complexity index is 352. The Morgan fingerprint density at radius 3 is 2.14 bits per heavy atom. The van der Waals surface area contributed by atoms with E-state index in [1.54, 1.807) is 0 Å². The molecule has 1 aliphatic heterocycles. The Morgan fingerprint density at radius 1 is 1.05 bits per heavy atom. The average molecular weight is 294 g/mol. The maximum Gasteiger partial charge on any atom is 0.225 e. The summed E-state index contributed by atoms with van der Waals surface area (Å²) < 4.78 is 0. The zero-order valence-corrected chi connectivity index (χ0v) is 13.6. The van der Waals surface area contributed by atoms with Crippen LogP contribution < -0.4 is 5.32 Å². The molecule has 0 aromatic rings. The second-order valence-electron chi connectivity index (χ2n) is 6.60. The zero-order valence-electron chi connectivity index (χ0n) is 13.6. The van der Waals surface area contributed by atoms with Crippen molar-refractivity contribution >= 4 is 11.8 Å². The summed E-state index contributed by atoms with van der Waals surface area (Å²) in [6.07, 6.45) is 8.16. The summed E-state index contributed by atoms with van der Waals surface area (Å²) in [5, 5.41) is 3.20. The van der Waals surface area contributed by atoms with Crippen molar-refractivity contribution < 1.29 is 9.59 Å². The predicted octanol–water partition coefficient (Wildman–Crippen LogP) is 2.72. The van der Waals surface area contributed by atoms with Gasteiger partial charge in [-0.2, -0.15) is 0 Å². The molecule has 0 spiro atoms. The fraction of sp³-hybridized carbons (Fsp3) is 0.882. The third-order valence-electron chi connectivity index (χ3n) is 5.21. The first kappa shape index (κ1) is 16.3. The van der Waals surface area contributed by atoms with Crippen molar-refractivity contribution in [1.82, 2.24) is 10.2 Å². The molecule has 120 valence electrons. The molecule has 2 amide bonds. The number of piperidine rings is 1. The van der Waals surface area contributed by atoms with Crippen molar-refractivity contribution in [1.29, 1.82) is 0 Å². The molecule has 0 unspecified atom stereocenters. The second kappa shape index (κ2) is 7.81. The summed E-state index contributed by atoms with van der Waals surface area (Å²) in [6.45, 7) is 5.76. The molecule has 0 bridgehead atoms. The molecule has 4 nitrogen and oxygen atoms in total. The van der Waals surface area contributed by atoms with E-state index in [0.717, 1.165) is 51.6 Å². The molecule has 2 rings (SSSR count). The molecule has 21 heavy (non-hydrogen) atoms. The van der Waals surface area contributed by atoms with E-state index in [9.17, 15) is 9.59 Å². The fourth-order valence-electron chi connectivity index (χ4n) is 3.65. The molecule has 1 N–H and O–H groups in total. The van der Waals surface area contributed by atoms with Crippen molar-refractivity contribution in [2.75, 3.05) is 13.1 Å². The van der Waals surface area contributed by atoms with Crippen molar-refractivity contribution in [3.05, 3.63) is 0 Å². The van der Waals surface area contributed by atoms with Crippen molar-refractivity contribution in [2.24, 2.45) is 11.8 Å². The minimum absolute atomic E-state index is 0.176. The van der Waals surface area contributed by atoms with E-state index in [1.165, 1.54) is 12.8 Å². The predicted molar refractivity (Wildman–Crippen MR) is 83.8 cm³/mol. The Balaban J connectivity index is 1.75. The summed E-state index contributed by atoms with van der Waals surface area (Å²) in [4.78, 5) is 26.5. The number of carbonyl (C=O) groups is 2. The molecule has 1 aliphatic carbocycles. The topological polar surface area (TPSA) is 49.4 Å². The van der Waals surface area contributed by atoms with E-state index in [4.69, 9.17) is 0 Å². The molecular formula is C17H30N2O2. The van der Waals surface area contributed by atoms with Crippen molar-refractivity contribution in [2.45, 2.75) is 71.3 Å². The summed E-state index contributed by atoms with van der Waals surface area (Å²) >= 11 is 0. The quantitative estimate of drug-likeness (QED) is 0.847. The first-order valence-corrected chi connectivity index (χ1v) is 8.74. The summed E-state index contributed by atoms with van der Waals surface area (Å²) in [5.74, 6) is 0.974. The number of carbonyl (C=O) groups excluding carboxylic acids is 2. The average Bonchev–Trinajstić information content (AvgIpc) is 3.03. The molecule has 0 radical (unpaired) electrons. The highest BCUT2D eigenvalue weighted by atomic mass is 16.2. The van der Waals surface area contributed by atoms with Crippen LogP contribution in [0.2, 0.25) is 0 Å². The smallest absolute Gasteiger partial charge is 0.225 e. The maximum absolute atomic E-state index is 12.3. The molecule has 0 atom stereocenters. The van der Waals surface area contributed by atoms with Crippen molar-refractivity contribution in [3.8, 4) is 0 Å². The van der Waals surface area contributed by atoms with Gasteiger partial charge in [0.25, 0.3) is 0 Å². The van der Waals surface area contributed by atoms with Gasteiger partial charge in [-0.15, -0.1) is 0 Å². The molecule has 2 fully saturated rings. The minimum Gasteiger partial charge on any atom is -0.353 e.